The van der Waals surface area contributed by atoms with Crippen LogP contribution in [0.15, 0.2) is 36.9 Å². The quantitative estimate of drug-likeness (QED) is 0.814. The zero-order chi connectivity index (χ0) is 19.7. The number of amides is 3. The zero-order valence-corrected chi connectivity index (χ0v) is 16.2. The van der Waals surface area contributed by atoms with Gasteiger partial charge in [0.25, 0.3) is 5.91 Å². The molecule has 2 fully saturated rings. The fourth-order valence-electron chi connectivity index (χ4n) is 5.26. The van der Waals surface area contributed by atoms with E-state index < -0.39 is 17.5 Å². The molecule has 6 heteroatoms. The standard InChI is InChI=1S/C21H25N3O3/c1-6-20(4,5)21-11-16-18(27)23(13(3)25)12(2)17(26)24(16)19(21)22-15-10-8-7-9-14(15)21/h6-10,12,16,19,22H,1,11H2,2-5H3/t12-,16+,19+,21-/m1/s1. The number of rotatable bonds is 2. The van der Waals surface area contributed by atoms with Crippen LogP contribution in [0.1, 0.15) is 39.7 Å². The molecule has 3 aliphatic rings. The Balaban J connectivity index is 1.92. The summed E-state index contributed by atoms with van der Waals surface area (Å²) < 4.78 is 0. The average Bonchev–Trinajstić information content (AvgIpc) is 3.13. The van der Waals surface area contributed by atoms with Crippen molar-refractivity contribution in [3.05, 3.63) is 42.5 Å². The minimum Gasteiger partial charge on any atom is -0.364 e. The van der Waals surface area contributed by atoms with Crippen LogP contribution in [0.4, 0.5) is 5.69 Å². The smallest absolute Gasteiger partial charge is 0.252 e. The van der Waals surface area contributed by atoms with Crippen LogP contribution in [0.3, 0.4) is 0 Å². The largest absolute Gasteiger partial charge is 0.364 e. The molecule has 4 atom stereocenters. The van der Waals surface area contributed by atoms with Gasteiger partial charge < -0.3 is 10.2 Å². The number of fused-ring (bicyclic) bond motifs is 5. The maximum atomic E-state index is 13.2. The zero-order valence-electron chi connectivity index (χ0n) is 16.2. The molecule has 0 aromatic heterocycles. The van der Waals surface area contributed by atoms with Crippen LogP contribution in [0.2, 0.25) is 0 Å². The number of nitrogens with zero attached hydrogens (tertiary/aromatic N) is 2. The van der Waals surface area contributed by atoms with Crippen LogP contribution in [0.25, 0.3) is 0 Å². The molecule has 142 valence electrons. The van der Waals surface area contributed by atoms with Crippen molar-refractivity contribution in [1.29, 1.82) is 0 Å². The van der Waals surface area contributed by atoms with Crippen LogP contribution in [-0.4, -0.2) is 45.8 Å². The first kappa shape index (κ1) is 17.8. The lowest BCUT2D eigenvalue weighted by Crippen LogP contribution is -2.65. The summed E-state index contributed by atoms with van der Waals surface area (Å²) in [6.07, 6.45) is 2.02. The maximum absolute atomic E-state index is 13.2. The Morgan fingerprint density at radius 1 is 1.30 bits per heavy atom. The number of imide groups is 1. The van der Waals surface area contributed by atoms with E-state index in [1.807, 2.05) is 24.3 Å². The van der Waals surface area contributed by atoms with E-state index in [9.17, 15) is 14.4 Å². The van der Waals surface area contributed by atoms with Crippen molar-refractivity contribution in [3.8, 4) is 0 Å². The van der Waals surface area contributed by atoms with Gasteiger partial charge >= 0.3 is 0 Å². The second-order valence-electron chi connectivity index (χ2n) is 8.36. The molecule has 3 heterocycles. The normalized spacial score (nSPS) is 31.9. The molecule has 6 nitrogen and oxygen atoms in total. The summed E-state index contributed by atoms with van der Waals surface area (Å²) in [7, 11) is 0. The summed E-state index contributed by atoms with van der Waals surface area (Å²) in [5.74, 6) is -0.868. The summed E-state index contributed by atoms with van der Waals surface area (Å²) in [6.45, 7) is 11.2. The van der Waals surface area contributed by atoms with E-state index in [0.717, 1.165) is 16.2 Å². The van der Waals surface area contributed by atoms with Crippen molar-refractivity contribution in [3.63, 3.8) is 0 Å². The van der Waals surface area contributed by atoms with Crippen LogP contribution in [0, 0.1) is 5.41 Å². The van der Waals surface area contributed by atoms with Crippen LogP contribution in [0.5, 0.6) is 0 Å². The van der Waals surface area contributed by atoms with Crippen molar-refractivity contribution in [2.24, 2.45) is 5.41 Å². The minimum absolute atomic E-state index is 0.193. The summed E-state index contributed by atoms with van der Waals surface area (Å²) in [4.78, 5) is 41.2. The molecule has 1 N–H and O–H groups in total. The molecule has 0 radical (unpaired) electrons. The fraction of sp³-hybridized carbons (Fsp3) is 0.476. The van der Waals surface area contributed by atoms with E-state index >= 15 is 0 Å². The molecule has 0 spiro atoms. The molecule has 4 rings (SSSR count). The molecule has 1 aromatic rings. The lowest BCUT2D eigenvalue weighted by atomic mass is 9.60. The second kappa shape index (κ2) is 5.44. The van der Waals surface area contributed by atoms with Gasteiger partial charge in [-0.25, -0.2) is 0 Å². The molecular formula is C21H25N3O3. The third-order valence-electron chi connectivity index (χ3n) is 6.82. The molecule has 27 heavy (non-hydrogen) atoms. The number of anilines is 1. The lowest BCUT2D eigenvalue weighted by molar-refractivity contribution is -0.165. The van der Waals surface area contributed by atoms with Crippen molar-refractivity contribution >= 4 is 23.4 Å². The van der Waals surface area contributed by atoms with Gasteiger partial charge in [-0.3, -0.25) is 19.3 Å². The number of carbonyl (C=O) groups is 3. The van der Waals surface area contributed by atoms with Crippen LogP contribution >= 0.6 is 0 Å². The second-order valence-corrected chi connectivity index (χ2v) is 8.36. The third-order valence-corrected chi connectivity index (χ3v) is 6.82. The predicted octanol–water partition coefficient (Wildman–Crippen LogP) is 2.27. The molecule has 3 aliphatic heterocycles. The van der Waals surface area contributed by atoms with Crippen LogP contribution < -0.4 is 5.32 Å². The van der Waals surface area contributed by atoms with Gasteiger partial charge in [0.1, 0.15) is 18.2 Å². The SMILES string of the molecule is C=CC(C)(C)[C@@]12C[C@H]3C(=O)N(C(C)=O)[C@H](C)C(=O)N3[C@@H]1Nc1ccccc12. The van der Waals surface area contributed by atoms with Gasteiger partial charge in [0, 0.05) is 18.0 Å². The molecule has 0 aliphatic carbocycles. The molecule has 0 unspecified atom stereocenters. The van der Waals surface area contributed by atoms with Gasteiger partial charge in [-0.15, -0.1) is 6.58 Å². The van der Waals surface area contributed by atoms with Crippen molar-refractivity contribution < 1.29 is 14.4 Å². The highest BCUT2D eigenvalue weighted by Gasteiger charge is 2.67. The Kier molecular flexibility index (Phi) is 3.58. The minimum atomic E-state index is -0.792. The highest BCUT2D eigenvalue weighted by atomic mass is 16.2. The van der Waals surface area contributed by atoms with Crippen molar-refractivity contribution in [2.75, 3.05) is 5.32 Å². The number of hydrogen-bond acceptors (Lipinski definition) is 4. The predicted molar refractivity (Wildman–Crippen MR) is 102 cm³/mol. The highest BCUT2D eigenvalue weighted by molar-refractivity contribution is 6.07. The number of nitrogens with one attached hydrogen (secondary N) is 1. The average molecular weight is 367 g/mol. The number of para-hydroxylation sites is 1. The van der Waals surface area contributed by atoms with Gasteiger partial charge in [-0.2, -0.15) is 0 Å². The lowest BCUT2D eigenvalue weighted by Gasteiger charge is -2.44. The van der Waals surface area contributed by atoms with Gasteiger partial charge in [0.05, 0.1) is 0 Å². The molecule has 2 saturated heterocycles. The van der Waals surface area contributed by atoms with E-state index in [1.54, 1.807) is 11.8 Å². The number of carbonyl (C=O) groups excluding carboxylic acids is 3. The van der Waals surface area contributed by atoms with Crippen molar-refractivity contribution in [1.82, 2.24) is 9.80 Å². The Bertz CT molecular complexity index is 877. The highest BCUT2D eigenvalue weighted by Crippen LogP contribution is 2.60. The summed E-state index contributed by atoms with van der Waals surface area (Å²) in [6, 6.07) is 6.57. The van der Waals surface area contributed by atoms with Gasteiger partial charge in [-0.05, 0) is 30.4 Å². The Hall–Kier alpha value is -2.63. The number of piperazine rings is 1. The third kappa shape index (κ3) is 1.98. The Morgan fingerprint density at radius 2 is 1.96 bits per heavy atom. The van der Waals surface area contributed by atoms with Crippen LogP contribution in [-0.2, 0) is 19.8 Å². The molecule has 0 bridgehead atoms. The maximum Gasteiger partial charge on any atom is 0.252 e. The van der Waals surface area contributed by atoms with E-state index in [-0.39, 0.29) is 29.3 Å². The van der Waals surface area contributed by atoms with Gasteiger partial charge in [0.15, 0.2) is 0 Å². The van der Waals surface area contributed by atoms with E-state index in [0.29, 0.717) is 6.42 Å². The van der Waals surface area contributed by atoms with E-state index in [2.05, 4.69) is 31.8 Å². The Labute approximate surface area is 159 Å². The number of hydrogen-bond donors (Lipinski definition) is 1. The summed E-state index contributed by atoms with van der Waals surface area (Å²) in [5, 5.41) is 3.49. The number of allylic oxidation sites excluding steroid dienone is 1. The first-order valence-electron chi connectivity index (χ1n) is 9.33. The topological polar surface area (TPSA) is 69.7 Å². The summed E-state index contributed by atoms with van der Waals surface area (Å²) >= 11 is 0. The monoisotopic (exact) mass is 367 g/mol. The summed E-state index contributed by atoms with van der Waals surface area (Å²) in [5.41, 5.74) is 1.21. The first-order valence-corrected chi connectivity index (χ1v) is 9.33. The Morgan fingerprint density at radius 3 is 2.59 bits per heavy atom. The molecule has 1 aromatic carbocycles. The molecular weight excluding hydrogens is 342 g/mol. The van der Waals surface area contributed by atoms with E-state index in [4.69, 9.17) is 0 Å². The number of benzene rings is 1. The van der Waals surface area contributed by atoms with Gasteiger partial charge in [-0.1, -0.05) is 38.1 Å². The van der Waals surface area contributed by atoms with E-state index in [1.165, 1.54) is 6.92 Å². The molecule has 3 amide bonds. The molecule has 0 saturated carbocycles. The van der Waals surface area contributed by atoms with Crippen molar-refractivity contribution in [2.45, 2.75) is 57.8 Å². The fourth-order valence-corrected chi connectivity index (χ4v) is 5.26. The first-order chi connectivity index (χ1) is 12.7. The van der Waals surface area contributed by atoms with Gasteiger partial charge in [0.2, 0.25) is 11.8 Å².